The quantitative estimate of drug-likeness (QED) is 0.141. The summed E-state index contributed by atoms with van der Waals surface area (Å²) in [5.74, 6) is 1.42. The Morgan fingerprint density at radius 3 is 2.00 bits per heavy atom. The van der Waals surface area contributed by atoms with E-state index >= 15 is 0 Å². The predicted molar refractivity (Wildman–Crippen MR) is 171 cm³/mol. The van der Waals surface area contributed by atoms with Crippen molar-refractivity contribution in [2.24, 2.45) is 0 Å². The highest BCUT2D eigenvalue weighted by Crippen LogP contribution is 2.42. The molecule has 10 heteroatoms. The summed E-state index contributed by atoms with van der Waals surface area (Å²) in [7, 11) is 3.24. The largest absolute Gasteiger partial charge is 0.497 e. The molecule has 1 aliphatic rings. The fraction of sp³-hybridized carbons (Fsp3) is 0.333. The second-order valence-electron chi connectivity index (χ2n) is 10.4. The van der Waals surface area contributed by atoms with Gasteiger partial charge in [0.15, 0.2) is 0 Å². The first-order chi connectivity index (χ1) is 20.8. The summed E-state index contributed by atoms with van der Waals surface area (Å²) in [6.07, 6.45) is -0.690. The van der Waals surface area contributed by atoms with Crippen molar-refractivity contribution in [1.82, 2.24) is 9.13 Å². The smallest absolute Gasteiger partial charge is 0.333 e. The van der Waals surface area contributed by atoms with Crippen molar-refractivity contribution < 1.29 is 24.1 Å². The second-order valence-corrected chi connectivity index (χ2v) is 11.5. The van der Waals surface area contributed by atoms with Gasteiger partial charge in [-0.1, -0.05) is 77.2 Å². The molecule has 1 N–H and O–H groups in total. The Morgan fingerprint density at radius 1 is 0.907 bits per heavy atom. The maximum absolute atomic E-state index is 13.2. The summed E-state index contributed by atoms with van der Waals surface area (Å²) in [5.41, 5.74) is 1.17. The van der Waals surface area contributed by atoms with E-state index in [0.717, 1.165) is 16.7 Å². The minimum atomic E-state index is -1.08. The Kier molecular flexibility index (Phi) is 9.70. The Hall–Kier alpha value is -3.45. The van der Waals surface area contributed by atoms with E-state index in [0.29, 0.717) is 28.0 Å². The average Bonchev–Trinajstić information content (AvgIpc) is 3.42. The lowest BCUT2D eigenvalue weighted by Gasteiger charge is -2.37. The first kappa shape index (κ1) is 31.0. The molecule has 0 saturated carbocycles. The summed E-state index contributed by atoms with van der Waals surface area (Å²) >= 11 is 2.13. The zero-order valence-electron chi connectivity index (χ0n) is 24.3. The number of hydrogen-bond acceptors (Lipinski definition) is 7. The molecule has 4 aromatic rings. The number of benzene rings is 3. The molecule has 3 atom stereocenters. The standard InChI is InChI=1S/C33H35IN2O7/c1-22-20-36(32(39)35(18-17-34)31(22)38)30-19-28(37)29(43-30)21-42-33(23-7-5-4-6-8-23,24-9-13-26(40-2)14-10-24)25-11-15-27(41-3)16-12-25/h4-16,20,28-30,37H,17-19,21H2,1-3H3/t28-,29+,30+/m0/s1. The number of aryl methyl sites for hydroxylation is 1. The lowest BCUT2D eigenvalue weighted by atomic mass is 9.80. The number of aliphatic hydroxyl groups is 1. The molecular formula is C33H35IN2O7. The third kappa shape index (κ3) is 6.14. The molecule has 1 saturated heterocycles. The van der Waals surface area contributed by atoms with Crippen molar-refractivity contribution in [1.29, 1.82) is 0 Å². The molecule has 1 fully saturated rings. The van der Waals surface area contributed by atoms with E-state index in [-0.39, 0.29) is 18.6 Å². The third-order valence-corrected chi connectivity index (χ3v) is 8.31. The second kappa shape index (κ2) is 13.5. The number of aliphatic hydroxyl groups excluding tert-OH is 1. The summed E-state index contributed by atoms with van der Waals surface area (Å²) in [6, 6.07) is 25.2. The van der Waals surface area contributed by atoms with Crippen LogP contribution in [-0.4, -0.2) is 51.7 Å². The van der Waals surface area contributed by atoms with E-state index in [2.05, 4.69) is 22.6 Å². The van der Waals surface area contributed by atoms with Gasteiger partial charge in [-0.3, -0.25) is 13.9 Å². The van der Waals surface area contributed by atoms with Gasteiger partial charge in [0.1, 0.15) is 29.4 Å². The van der Waals surface area contributed by atoms with Crippen molar-refractivity contribution in [3.8, 4) is 11.5 Å². The van der Waals surface area contributed by atoms with Gasteiger partial charge in [-0.15, -0.1) is 0 Å². The fourth-order valence-electron chi connectivity index (χ4n) is 5.56. The minimum absolute atomic E-state index is 0.0196. The molecule has 226 valence electrons. The third-order valence-electron chi connectivity index (χ3n) is 7.83. The molecule has 1 aromatic heterocycles. The fourth-order valence-corrected chi connectivity index (χ4v) is 6.05. The van der Waals surface area contributed by atoms with Gasteiger partial charge < -0.3 is 24.1 Å². The highest BCUT2D eigenvalue weighted by atomic mass is 127. The molecule has 43 heavy (non-hydrogen) atoms. The normalized spacial score (nSPS) is 18.5. The van der Waals surface area contributed by atoms with Crippen LogP contribution in [0, 0.1) is 6.92 Å². The number of nitrogens with zero attached hydrogens (tertiary/aromatic N) is 2. The molecule has 3 aromatic carbocycles. The van der Waals surface area contributed by atoms with Crippen LogP contribution in [0.2, 0.25) is 0 Å². The van der Waals surface area contributed by atoms with Gasteiger partial charge in [0.25, 0.3) is 5.56 Å². The van der Waals surface area contributed by atoms with Crippen LogP contribution in [0.15, 0.2) is 94.6 Å². The molecule has 0 bridgehead atoms. The van der Waals surface area contributed by atoms with Gasteiger partial charge in [-0.05, 0) is 47.9 Å². The summed E-state index contributed by atoms with van der Waals surface area (Å²) in [6.45, 7) is 1.99. The summed E-state index contributed by atoms with van der Waals surface area (Å²) in [4.78, 5) is 25.8. The number of methoxy groups -OCH3 is 2. The van der Waals surface area contributed by atoms with E-state index < -0.39 is 29.7 Å². The van der Waals surface area contributed by atoms with Crippen LogP contribution in [0.1, 0.15) is 34.9 Å². The zero-order chi connectivity index (χ0) is 30.6. The number of aromatic nitrogens is 2. The molecule has 0 unspecified atom stereocenters. The number of halogens is 1. The van der Waals surface area contributed by atoms with Gasteiger partial charge >= 0.3 is 5.69 Å². The first-order valence-corrected chi connectivity index (χ1v) is 15.6. The Labute approximate surface area is 263 Å². The van der Waals surface area contributed by atoms with Crippen LogP contribution in [0.5, 0.6) is 11.5 Å². The van der Waals surface area contributed by atoms with Crippen molar-refractivity contribution in [2.75, 3.05) is 25.3 Å². The van der Waals surface area contributed by atoms with Gasteiger partial charge in [0.2, 0.25) is 0 Å². The number of ether oxygens (including phenoxy) is 4. The Balaban J connectivity index is 1.53. The van der Waals surface area contributed by atoms with E-state index in [1.165, 1.54) is 15.3 Å². The molecule has 0 amide bonds. The van der Waals surface area contributed by atoms with Crippen molar-refractivity contribution in [3.05, 3.63) is 128 Å². The Morgan fingerprint density at radius 2 is 1.47 bits per heavy atom. The van der Waals surface area contributed by atoms with Crippen LogP contribution in [0.4, 0.5) is 0 Å². The lowest BCUT2D eigenvalue weighted by molar-refractivity contribution is -0.0946. The molecular weight excluding hydrogens is 663 g/mol. The van der Waals surface area contributed by atoms with E-state index in [1.807, 2.05) is 78.9 Å². The van der Waals surface area contributed by atoms with Crippen molar-refractivity contribution >= 4 is 22.6 Å². The topological polar surface area (TPSA) is 101 Å². The molecule has 1 aliphatic heterocycles. The van der Waals surface area contributed by atoms with Crippen molar-refractivity contribution in [2.45, 2.75) is 43.9 Å². The maximum atomic E-state index is 13.2. The van der Waals surface area contributed by atoms with E-state index in [4.69, 9.17) is 18.9 Å². The zero-order valence-corrected chi connectivity index (χ0v) is 26.5. The first-order valence-electron chi connectivity index (χ1n) is 14.0. The highest BCUT2D eigenvalue weighted by Gasteiger charge is 2.42. The van der Waals surface area contributed by atoms with Crippen LogP contribution < -0.4 is 20.7 Å². The minimum Gasteiger partial charge on any atom is -0.497 e. The molecule has 0 radical (unpaired) electrons. The molecule has 0 aliphatic carbocycles. The van der Waals surface area contributed by atoms with Crippen LogP contribution in [0.25, 0.3) is 0 Å². The van der Waals surface area contributed by atoms with Crippen molar-refractivity contribution in [3.63, 3.8) is 0 Å². The molecule has 0 spiro atoms. The monoisotopic (exact) mass is 698 g/mol. The number of rotatable bonds is 11. The Bertz CT molecular complexity index is 1590. The molecule has 2 heterocycles. The van der Waals surface area contributed by atoms with Gasteiger partial charge in [0, 0.05) is 29.2 Å². The maximum Gasteiger partial charge on any atom is 0.333 e. The predicted octanol–water partition coefficient (Wildman–Crippen LogP) is 4.43. The van der Waals surface area contributed by atoms with Gasteiger partial charge in [-0.25, -0.2) is 4.79 Å². The van der Waals surface area contributed by atoms with Crippen LogP contribution in [0.3, 0.4) is 0 Å². The van der Waals surface area contributed by atoms with E-state index in [1.54, 1.807) is 21.1 Å². The highest BCUT2D eigenvalue weighted by molar-refractivity contribution is 14.1. The number of hydrogen-bond donors (Lipinski definition) is 1. The molecule has 5 rings (SSSR count). The van der Waals surface area contributed by atoms with Gasteiger partial charge in [0.05, 0.1) is 26.9 Å². The SMILES string of the molecule is COc1ccc(C(OC[C@H]2O[C@@H](n3cc(C)c(=O)n(CCI)c3=O)C[C@@H]2O)(c2ccccc2)c2ccc(OC)cc2)cc1. The summed E-state index contributed by atoms with van der Waals surface area (Å²) in [5, 5.41) is 11.1. The number of alkyl halides is 1. The van der Waals surface area contributed by atoms with Crippen LogP contribution in [-0.2, 0) is 21.6 Å². The lowest BCUT2D eigenvalue weighted by Crippen LogP contribution is -2.42. The van der Waals surface area contributed by atoms with Gasteiger partial charge in [-0.2, -0.15) is 0 Å². The molecule has 9 nitrogen and oxygen atoms in total. The summed E-state index contributed by atoms with van der Waals surface area (Å²) < 4.78 is 27.3. The van der Waals surface area contributed by atoms with E-state index in [9.17, 15) is 14.7 Å². The van der Waals surface area contributed by atoms with Crippen LogP contribution >= 0.6 is 22.6 Å². The average molecular weight is 699 g/mol.